The lowest BCUT2D eigenvalue weighted by Crippen LogP contribution is -2.10. The molecule has 0 saturated carbocycles. The van der Waals surface area contributed by atoms with E-state index in [1.807, 2.05) is 49.4 Å². The van der Waals surface area contributed by atoms with Crippen LogP contribution in [0, 0.1) is 6.92 Å². The Morgan fingerprint density at radius 1 is 1.07 bits per heavy atom. The Hall–Kier alpha value is -3.61. The number of aromatic nitrogens is 2. The maximum absolute atomic E-state index is 12.2. The van der Waals surface area contributed by atoms with Crippen molar-refractivity contribution in [2.45, 2.75) is 20.4 Å². The number of rotatable bonds is 8. The van der Waals surface area contributed by atoms with Gasteiger partial charge < -0.3 is 20.1 Å². The number of ether oxygens (including phenoxy) is 2. The second kappa shape index (κ2) is 9.54. The molecule has 0 unspecified atom stereocenters. The standard InChI is InChI=1S/C22H24N4O3/c1-4-29-21(27)17-10-6-7-11-18(17)25-20-13-15(2)24-22(26-20)23-14-16-9-5-8-12-19(16)28-3/h5-13H,4,14H2,1-3H3,(H2,23,24,25,26). The molecular weight excluding hydrogens is 368 g/mol. The highest BCUT2D eigenvalue weighted by atomic mass is 16.5. The molecule has 0 radical (unpaired) electrons. The van der Waals surface area contributed by atoms with Gasteiger partial charge in [0.25, 0.3) is 0 Å². The lowest BCUT2D eigenvalue weighted by Gasteiger charge is -2.13. The SMILES string of the molecule is CCOC(=O)c1ccccc1Nc1cc(C)nc(NCc2ccccc2OC)n1. The van der Waals surface area contributed by atoms with E-state index in [1.54, 1.807) is 26.2 Å². The van der Waals surface area contributed by atoms with Crippen molar-refractivity contribution in [3.63, 3.8) is 0 Å². The van der Waals surface area contributed by atoms with Crippen LogP contribution in [0.1, 0.15) is 28.5 Å². The van der Waals surface area contributed by atoms with Gasteiger partial charge >= 0.3 is 5.97 Å². The Kier molecular flexibility index (Phi) is 6.63. The quantitative estimate of drug-likeness (QED) is 0.552. The summed E-state index contributed by atoms with van der Waals surface area (Å²) in [5.74, 6) is 1.48. The lowest BCUT2D eigenvalue weighted by molar-refractivity contribution is 0.0527. The van der Waals surface area contributed by atoms with Crippen LogP contribution in [0.2, 0.25) is 0 Å². The second-order valence-electron chi connectivity index (χ2n) is 6.27. The molecule has 0 aliphatic heterocycles. The first-order chi connectivity index (χ1) is 14.1. The third kappa shape index (κ3) is 5.22. The molecule has 0 aliphatic rings. The summed E-state index contributed by atoms with van der Waals surface area (Å²) in [5, 5.41) is 6.42. The Balaban J connectivity index is 1.79. The number of nitrogens with zero attached hydrogens (tertiary/aromatic N) is 2. The molecule has 0 atom stereocenters. The number of hydrogen-bond donors (Lipinski definition) is 2. The number of benzene rings is 2. The van der Waals surface area contributed by atoms with Crippen LogP contribution in [0.4, 0.5) is 17.5 Å². The summed E-state index contributed by atoms with van der Waals surface area (Å²) in [7, 11) is 1.64. The molecule has 0 amide bonds. The molecule has 2 aromatic carbocycles. The van der Waals surface area contributed by atoms with Gasteiger partial charge in [-0.15, -0.1) is 0 Å². The van der Waals surface area contributed by atoms with E-state index in [2.05, 4.69) is 20.6 Å². The van der Waals surface area contributed by atoms with Gasteiger partial charge in [-0.25, -0.2) is 9.78 Å². The van der Waals surface area contributed by atoms with Crippen LogP contribution in [-0.2, 0) is 11.3 Å². The molecule has 2 N–H and O–H groups in total. The third-order valence-corrected chi connectivity index (χ3v) is 4.17. The number of nitrogens with one attached hydrogen (secondary N) is 2. The molecule has 0 spiro atoms. The largest absolute Gasteiger partial charge is 0.496 e. The molecule has 0 aliphatic carbocycles. The molecule has 0 bridgehead atoms. The van der Waals surface area contributed by atoms with E-state index in [-0.39, 0.29) is 5.97 Å². The predicted octanol–water partition coefficient (Wildman–Crippen LogP) is 4.33. The van der Waals surface area contributed by atoms with Crippen molar-refractivity contribution in [1.29, 1.82) is 0 Å². The lowest BCUT2D eigenvalue weighted by atomic mass is 10.2. The fourth-order valence-electron chi connectivity index (χ4n) is 2.85. The van der Waals surface area contributed by atoms with Gasteiger partial charge in [-0.3, -0.25) is 0 Å². The zero-order chi connectivity index (χ0) is 20.6. The number of aryl methyl sites for hydroxylation is 1. The summed E-state index contributed by atoms with van der Waals surface area (Å²) in [6.07, 6.45) is 0. The summed E-state index contributed by atoms with van der Waals surface area (Å²) < 4.78 is 10.5. The van der Waals surface area contributed by atoms with Crippen LogP contribution >= 0.6 is 0 Å². The fourth-order valence-corrected chi connectivity index (χ4v) is 2.85. The van der Waals surface area contributed by atoms with E-state index in [1.165, 1.54) is 0 Å². The van der Waals surface area contributed by atoms with Crippen molar-refractivity contribution < 1.29 is 14.3 Å². The summed E-state index contributed by atoms with van der Waals surface area (Å²) in [6, 6.07) is 16.8. The van der Waals surface area contributed by atoms with Gasteiger partial charge in [0.15, 0.2) is 0 Å². The summed E-state index contributed by atoms with van der Waals surface area (Å²) in [5.41, 5.74) is 2.87. The minimum Gasteiger partial charge on any atom is -0.496 e. The third-order valence-electron chi connectivity index (χ3n) is 4.17. The Bertz CT molecular complexity index is 991. The van der Waals surface area contributed by atoms with Gasteiger partial charge in [-0.1, -0.05) is 30.3 Å². The predicted molar refractivity (Wildman–Crippen MR) is 113 cm³/mol. The van der Waals surface area contributed by atoms with E-state index in [0.29, 0.717) is 36.2 Å². The van der Waals surface area contributed by atoms with Crippen molar-refractivity contribution >= 4 is 23.4 Å². The van der Waals surface area contributed by atoms with Crippen molar-refractivity contribution in [3.8, 4) is 5.75 Å². The molecular formula is C22H24N4O3. The average molecular weight is 392 g/mol. The second-order valence-corrected chi connectivity index (χ2v) is 6.27. The van der Waals surface area contributed by atoms with E-state index in [4.69, 9.17) is 9.47 Å². The molecule has 0 fully saturated rings. The van der Waals surface area contributed by atoms with Crippen LogP contribution in [0.25, 0.3) is 0 Å². The number of anilines is 3. The minimum atomic E-state index is -0.379. The van der Waals surface area contributed by atoms with Gasteiger partial charge in [0.1, 0.15) is 11.6 Å². The first-order valence-electron chi connectivity index (χ1n) is 9.35. The van der Waals surface area contributed by atoms with Crippen LogP contribution in [0.5, 0.6) is 5.75 Å². The first-order valence-corrected chi connectivity index (χ1v) is 9.35. The van der Waals surface area contributed by atoms with Gasteiger partial charge in [-0.2, -0.15) is 4.98 Å². The zero-order valence-electron chi connectivity index (χ0n) is 16.7. The molecule has 7 nitrogen and oxygen atoms in total. The van der Waals surface area contributed by atoms with Crippen molar-refractivity contribution in [2.75, 3.05) is 24.4 Å². The van der Waals surface area contributed by atoms with Crippen molar-refractivity contribution in [3.05, 3.63) is 71.4 Å². The highest BCUT2D eigenvalue weighted by Gasteiger charge is 2.13. The van der Waals surface area contributed by atoms with E-state index in [0.717, 1.165) is 17.0 Å². The number of esters is 1. The van der Waals surface area contributed by atoms with E-state index >= 15 is 0 Å². The number of hydrogen-bond acceptors (Lipinski definition) is 7. The monoisotopic (exact) mass is 392 g/mol. The highest BCUT2D eigenvalue weighted by Crippen LogP contribution is 2.23. The molecule has 3 aromatic rings. The maximum Gasteiger partial charge on any atom is 0.340 e. The van der Waals surface area contributed by atoms with E-state index < -0.39 is 0 Å². The molecule has 150 valence electrons. The zero-order valence-corrected chi connectivity index (χ0v) is 16.7. The molecule has 0 saturated heterocycles. The molecule has 1 heterocycles. The average Bonchev–Trinajstić information content (AvgIpc) is 2.72. The molecule has 7 heteroatoms. The highest BCUT2D eigenvalue weighted by molar-refractivity contribution is 5.96. The molecule has 3 rings (SSSR count). The Morgan fingerprint density at radius 3 is 2.62 bits per heavy atom. The maximum atomic E-state index is 12.2. The number of para-hydroxylation sites is 2. The van der Waals surface area contributed by atoms with Crippen molar-refractivity contribution in [1.82, 2.24) is 9.97 Å². The van der Waals surface area contributed by atoms with E-state index in [9.17, 15) is 4.79 Å². The summed E-state index contributed by atoms with van der Waals surface area (Å²) in [4.78, 5) is 21.1. The number of carbonyl (C=O) groups excluding carboxylic acids is 1. The van der Waals surface area contributed by atoms with Gasteiger partial charge in [0.2, 0.25) is 5.95 Å². The van der Waals surface area contributed by atoms with Crippen LogP contribution in [0.3, 0.4) is 0 Å². The van der Waals surface area contributed by atoms with Crippen LogP contribution in [-0.4, -0.2) is 29.7 Å². The minimum absolute atomic E-state index is 0.316. The Morgan fingerprint density at radius 2 is 1.83 bits per heavy atom. The Labute approximate surface area is 170 Å². The molecule has 29 heavy (non-hydrogen) atoms. The van der Waals surface area contributed by atoms with Crippen LogP contribution in [0.15, 0.2) is 54.6 Å². The van der Waals surface area contributed by atoms with Gasteiger partial charge in [-0.05, 0) is 32.0 Å². The first kappa shape index (κ1) is 20.1. The van der Waals surface area contributed by atoms with Gasteiger partial charge in [0, 0.05) is 23.9 Å². The van der Waals surface area contributed by atoms with Gasteiger partial charge in [0.05, 0.1) is 25.0 Å². The summed E-state index contributed by atoms with van der Waals surface area (Å²) >= 11 is 0. The van der Waals surface area contributed by atoms with Crippen LogP contribution < -0.4 is 15.4 Å². The van der Waals surface area contributed by atoms with Crippen molar-refractivity contribution in [2.24, 2.45) is 0 Å². The topological polar surface area (TPSA) is 85.4 Å². The smallest absolute Gasteiger partial charge is 0.340 e. The fraction of sp³-hybridized carbons (Fsp3) is 0.227. The summed E-state index contributed by atoms with van der Waals surface area (Å²) in [6.45, 7) is 4.50. The normalized spacial score (nSPS) is 10.3. The number of carbonyl (C=O) groups is 1. The molecule has 1 aromatic heterocycles. The number of methoxy groups -OCH3 is 1.